The van der Waals surface area contributed by atoms with Gasteiger partial charge in [0.1, 0.15) is 0 Å². The number of rotatable bonds is 3. The van der Waals surface area contributed by atoms with Gasteiger partial charge in [-0.05, 0) is 32.9 Å². The Morgan fingerprint density at radius 3 is 2.41 bits per heavy atom. The second kappa shape index (κ2) is 4.49. The second-order valence-electron chi connectivity index (χ2n) is 4.05. The molecule has 0 spiro atoms. The number of hydrogen-bond donors (Lipinski definition) is 0. The van der Waals surface area contributed by atoms with Crippen molar-refractivity contribution in [2.45, 2.75) is 27.3 Å². The molecule has 0 saturated heterocycles. The molecule has 0 aromatic carbocycles. The molecule has 4 nitrogen and oxygen atoms in total. The molecule has 88 valence electrons. The van der Waals surface area contributed by atoms with Crippen molar-refractivity contribution < 1.29 is 4.79 Å². The molecular weight excluding hydrogens is 214 g/mol. The molecule has 0 aliphatic rings. The summed E-state index contributed by atoms with van der Waals surface area (Å²) in [7, 11) is 0. The normalized spacial score (nSPS) is 10.5. The van der Waals surface area contributed by atoms with E-state index in [1.807, 2.05) is 20.8 Å². The molecule has 0 aliphatic heterocycles. The molecule has 2 aromatic heterocycles. The van der Waals surface area contributed by atoms with Gasteiger partial charge in [0, 0.05) is 29.7 Å². The summed E-state index contributed by atoms with van der Waals surface area (Å²) in [5.74, 6) is -0.00157. The number of nitrogens with zero attached hydrogens (tertiary/aromatic N) is 3. The van der Waals surface area contributed by atoms with Crippen LogP contribution in [0.25, 0.3) is 0 Å². The van der Waals surface area contributed by atoms with E-state index in [0.717, 1.165) is 17.9 Å². The molecule has 0 bridgehead atoms. The molecule has 0 aliphatic carbocycles. The van der Waals surface area contributed by atoms with E-state index in [2.05, 4.69) is 10.1 Å². The van der Waals surface area contributed by atoms with E-state index in [-0.39, 0.29) is 5.78 Å². The zero-order chi connectivity index (χ0) is 12.4. The number of ketones is 1. The summed E-state index contributed by atoms with van der Waals surface area (Å²) < 4.78 is 1.74. The third-order valence-electron chi connectivity index (χ3n) is 2.56. The van der Waals surface area contributed by atoms with Crippen LogP contribution in [0.2, 0.25) is 0 Å². The van der Waals surface area contributed by atoms with Crippen LogP contribution in [0.4, 0.5) is 0 Å². The highest BCUT2D eigenvalue weighted by molar-refractivity contribution is 6.08. The number of carbonyl (C=O) groups is 1. The fourth-order valence-electron chi connectivity index (χ4n) is 1.79. The Morgan fingerprint density at radius 2 is 1.88 bits per heavy atom. The highest BCUT2D eigenvalue weighted by Crippen LogP contribution is 2.11. The molecule has 0 unspecified atom stereocenters. The molecular formula is C13H15N3O. The van der Waals surface area contributed by atoms with Gasteiger partial charge in [-0.2, -0.15) is 5.10 Å². The van der Waals surface area contributed by atoms with Crippen LogP contribution in [0.3, 0.4) is 0 Å². The first-order chi connectivity index (χ1) is 8.10. The smallest absolute Gasteiger partial charge is 0.196 e. The van der Waals surface area contributed by atoms with Crippen molar-refractivity contribution in [3.05, 3.63) is 47.0 Å². The van der Waals surface area contributed by atoms with Crippen LogP contribution in [-0.4, -0.2) is 20.5 Å². The fraction of sp³-hybridized carbons (Fsp3) is 0.308. The minimum absolute atomic E-state index is 0.00157. The van der Waals surface area contributed by atoms with Crippen LogP contribution >= 0.6 is 0 Å². The number of carbonyl (C=O) groups excluding carboxylic acids is 1. The van der Waals surface area contributed by atoms with Crippen LogP contribution in [0.1, 0.15) is 34.2 Å². The SMILES string of the molecule is CCn1cc(C(=O)c2cc(C)nc(C)c2)cn1. The highest BCUT2D eigenvalue weighted by atomic mass is 16.1. The molecule has 2 aromatic rings. The Morgan fingerprint density at radius 1 is 1.24 bits per heavy atom. The molecule has 2 heterocycles. The van der Waals surface area contributed by atoms with Gasteiger partial charge in [-0.1, -0.05) is 0 Å². The van der Waals surface area contributed by atoms with Crippen LogP contribution in [0.15, 0.2) is 24.5 Å². The first-order valence-corrected chi connectivity index (χ1v) is 5.62. The van der Waals surface area contributed by atoms with Crippen molar-refractivity contribution in [2.75, 3.05) is 0 Å². The monoisotopic (exact) mass is 229 g/mol. The van der Waals surface area contributed by atoms with E-state index < -0.39 is 0 Å². The Bertz CT molecular complexity index is 537. The predicted molar refractivity (Wildman–Crippen MR) is 65.0 cm³/mol. The molecule has 0 N–H and O–H groups in total. The average Bonchev–Trinajstić information content (AvgIpc) is 2.75. The third-order valence-corrected chi connectivity index (χ3v) is 2.56. The minimum atomic E-state index is -0.00157. The molecule has 0 amide bonds. The van der Waals surface area contributed by atoms with Crippen molar-refractivity contribution in [1.82, 2.24) is 14.8 Å². The lowest BCUT2D eigenvalue weighted by Gasteiger charge is -2.01. The summed E-state index contributed by atoms with van der Waals surface area (Å²) in [6, 6.07) is 3.61. The van der Waals surface area contributed by atoms with Gasteiger partial charge in [-0.25, -0.2) is 0 Å². The van der Waals surface area contributed by atoms with E-state index in [4.69, 9.17) is 0 Å². The lowest BCUT2D eigenvalue weighted by atomic mass is 10.1. The molecule has 0 saturated carbocycles. The van der Waals surface area contributed by atoms with Crippen LogP contribution in [0, 0.1) is 13.8 Å². The Kier molecular flexibility index (Phi) is 3.04. The summed E-state index contributed by atoms with van der Waals surface area (Å²) in [5, 5.41) is 4.11. The van der Waals surface area contributed by atoms with Crippen molar-refractivity contribution >= 4 is 5.78 Å². The molecule has 0 fully saturated rings. The number of aromatic nitrogens is 3. The number of hydrogen-bond acceptors (Lipinski definition) is 3. The van der Waals surface area contributed by atoms with Gasteiger partial charge in [0.25, 0.3) is 0 Å². The zero-order valence-electron chi connectivity index (χ0n) is 10.3. The van der Waals surface area contributed by atoms with Gasteiger partial charge in [0.15, 0.2) is 5.78 Å². The summed E-state index contributed by atoms with van der Waals surface area (Å²) in [6.07, 6.45) is 3.38. The van der Waals surface area contributed by atoms with Crippen LogP contribution < -0.4 is 0 Å². The van der Waals surface area contributed by atoms with Gasteiger partial charge >= 0.3 is 0 Å². The summed E-state index contributed by atoms with van der Waals surface area (Å²) >= 11 is 0. The lowest BCUT2D eigenvalue weighted by Crippen LogP contribution is -2.02. The maximum atomic E-state index is 12.2. The molecule has 0 atom stereocenters. The van der Waals surface area contributed by atoms with Gasteiger partial charge in [0.2, 0.25) is 0 Å². The number of aryl methyl sites for hydroxylation is 3. The topological polar surface area (TPSA) is 47.8 Å². The molecule has 4 heteroatoms. The van der Waals surface area contributed by atoms with Crippen molar-refractivity contribution in [3.63, 3.8) is 0 Å². The van der Waals surface area contributed by atoms with Gasteiger partial charge in [0.05, 0.1) is 11.8 Å². The highest BCUT2D eigenvalue weighted by Gasteiger charge is 2.12. The second-order valence-corrected chi connectivity index (χ2v) is 4.05. The van der Waals surface area contributed by atoms with Crippen LogP contribution in [0.5, 0.6) is 0 Å². The summed E-state index contributed by atoms with van der Waals surface area (Å²) in [5.41, 5.74) is 3.01. The minimum Gasteiger partial charge on any atom is -0.288 e. The van der Waals surface area contributed by atoms with Crippen molar-refractivity contribution in [1.29, 1.82) is 0 Å². The van der Waals surface area contributed by atoms with E-state index in [1.54, 1.807) is 29.2 Å². The van der Waals surface area contributed by atoms with Crippen molar-refractivity contribution in [2.24, 2.45) is 0 Å². The van der Waals surface area contributed by atoms with Gasteiger partial charge < -0.3 is 0 Å². The van der Waals surface area contributed by atoms with E-state index in [1.165, 1.54) is 0 Å². The number of pyridine rings is 1. The molecule has 2 rings (SSSR count). The summed E-state index contributed by atoms with van der Waals surface area (Å²) in [6.45, 7) is 6.53. The lowest BCUT2D eigenvalue weighted by molar-refractivity contribution is 0.103. The first kappa shape index (κ1) is 11.5. The predicted octanol–water partition coefficient (Wildman–Crippen LogP) is 2.15. The van der Waals surface area contributed by atoms with E-state index in [9.17, 15) is 4.79 Å². The fourth-order valence-corrected chi connectivity index (χ4v) is 1.79. The maximum Gasteiger partial charge on any atom is 0.196 e. The summed E-state index contributed by atoms with van der Waals surface area (Å²) in [4.78, 5) is 16.5. The largest absolute Gasteiger partial charge is 0.288 e. The van der Waals surface area contributed by atoms with Crippen LogP contribution in [-0.2, 0) is 6.54 Å². The van der Waals surface area contributed by atoms with E-state index >= 15 is 0 Å². The van der Waals surface area contributed by atoms with Gasteiger partial charge in [-0.15, -0.1) is 0 Å². The van der Waals surface area contributed by atoms with E-state index in [0.29, 0.717) is 11.1 Å². The van der Waals surface area contributed by atoms with Crippen molar-refractivity contribution in [3.8, 4) is 0 Å². The Labute approximate surface area is 100 Å². The zero-order valence-corrected chi connectivity index (χ0v) is 10.3. The average molecular weight is 229 g/mol. The standard InChI is InChI=1S/C13H15N3O/c1-4-16-8-12(7-14-16)13(17)11-5-9(2)15-10(3)6-11/h5-8H,4H2,1-3H3. The third kappa shape index (κ3) is 2.41. The molecule has 0 radical (unpaired) electrons. The quantitative estimate of drug-likeness (QED) is 0.758. The Balaban J connectivity index is 2.36. The maximum absolute atomic E-state index is 12.2. The first-order valence-electron chi connectivity index (χ1n) is 5.62. The Hall–Kier alpha value is -1.97. The molecule has 17 heavy (non-hydrogen) atoms. The van der Waals surface area contributed by atoms with Gasteiger partial charge in [-0.3, -0.25) is 14.5 Å².